The molecule has 0 bridgehead atoms. The van der Waals surface area contributed by atoms with Crippen molar-refractivity contribution in [1.82, 2.24) is 14.9 Å². The number of amides is 1. The van der Waals surface area contributed by atoms with E-state index in [4.69, 9.17) is 4.98 Å². The number of aromatic nitrogens is 2. The van der Waals surface area contributed by atoms with Gasteiger partial charge in [-0.15, -0.1) is 0 Å². The number of H-pyrrole nitrogens is 1. The van der Waals surface area contributed by atoms with Crippen LogP contribution in [0.4, 0.5) is 4.39 Å². The van der Waals surface area contributed by atoms with Gasteiger partial charge in [-0.2, -0.15) is 0 Å². The molecule has 1 aliphatic heterocycles. The fourth-order valence-corrected chi connectivity index (χ4v) is 5.14. The Bertz CT molecular complexity index is 1250. The minimum atomic E-state index is -0.297. The minimum absolute atomic E-state index is 0.194. The molecule has 0 spiro atoms. The highest BCUT2D eigenvalue weighted by molar-refractivity contribution is 5.94. The van der Waals surface area contributed by atoms with Crippen LogP contribution in [0.1, 0.15) is 71.1 Å². The third kappa shape index (κ3) is 4.34. The zero-order valence-corrected chi connectivity index (χ0v) is 18.9. The zero-order chi connectivity index (χ0) is 22.9. The first kappa shape index (κ1) is 21.6. The Morgan fingerprint density at radius 3 is 2.64 bits per heavy atom. The standard InChI is InChI=1S/C27H28FN3O2/c1-17-14-20(18-9-11-21(28)12-10-18)16-24(29-17)25-8-4-5-13-31(25)27(33)22-15-19-6-2-3-7-23(19)30-26(22)32/h9-12,14-16,25H,2-8,13H2,1H3,(H,30,32)/t25-/m1/s1. The van der Waals surface area contributed by atoms with Crippen molar-refractivity contribution in [2.75, 3.05) is 6.54 Å². The van der Waals surface area contributed by atoms with Gasteiger partial charge in [-0.1, -0.05) is 12.1 Å². The highest BCUT2D eigenvalue weighted by atomic mass is 19.1. The van der Waals surface area contributed by atoms with Crippen molar-refractivity contribution in [3.05, 3.63) is 86.8 Å². The number of piperidine rings is 1. The first-order valence-corrected chi connectivity index (χ1v) is 11.8. The van der Waals surface area contributed by atoms with Gasteiger partial charge in [0.05, 0.1) is 11.7 Å². The lowest BCUT2D eigenvalue weighted by Gasteiger charge is -2.35. The molecule has 1 amide bonds. The van der Waals surface area contributed by atoms with Gasteiger partial charge in [-0.3, -0.25) is 14.6 Å². The molecule has 2 aliphatic rings. The van der Waals surface area contributed by atoms with E-state index in [1.807, 2.05) is 30.0 Å². The van der Waals surface area contributed by atoms with Crippen LogP contribution >= 0.6 is 0 Å². The molecule has 1 N–H and O–H groups in total. The van der Waals surface area contributed by atoms with Gasteiger partial charge in [-0.25, -0.2) is 4.39 Å². The number of aryl methyl sites for hydroxylation is 3. The summed E-state index contributed by atoms with van der Waals surface area (Å²) < 4.78 is 13.4. The Morgan fingerprint density at radius 2 is 1.82 bits per heavy atom. The number of hydrogen-bond acceptors (Lipinski definition) is 3. The summed E-state index contributed by atoms with van der Waals surface area (Å²) in [6, 6.07) is 12.0. The van der Waals surface area contributed by atoms with Crippen molar-refractivity contribution in [2.24, 2.45) is 0 Å². The average molecular weight is 446 g/mol. The van der Waals surface area contributed by atoms with E-state index in [0.29, 0.717) is 6.54 Å². The van der Waals surface area contributed by atoms with E-state index in [-0.39, 0.29) is 28.9 Å². The monoisotopic (exact) mass is 445 g/mol. The summed E-state index contributed by atoms with van der Waals surface area (Å²) in [5, 5.41) is 0. The molecule has 0 radical (unpaired) electrons. The Labute approximate surface area is 192 Å². The van der Waals surface area contributed by atoms with Gasteiger partial charge in [0.15, 0.2) is 0 Å². The number of fused-ring (bicyclic) bond motifs is 1. The largest absolute Gasteiger partial charge is 0.330 e. The van der Waals surface area contributed by atoms with E-state index in [0.717, 1.165) is 78.7 Å². The summed E-state index contributed by atoms with van der Waals surface area (Å²) in [5.74, 6) is -0.495. The Hall–Kier alpha value is -3.28. The lowest BCUT2D eigenvalue weighted by atomic mass is 9.93. The van der Waals surface area contributed by atoms with Gasteiger partial charge in [0, 0.05) is 17.9 Å². The summed E-state index contributed by atoms with van der Waals surface area (Å²) in [6.07, 6.45) is 6.62. The van der Waals surface area contributed by atoms with Crippen LogP contribution in [-0.4, -0.2) is 27.3 Å². The molecule has 0 saturated carbocycles. The molecule has 1 fully saturated rings. The molecule has 2 aromatic heterocycles. The fraction of sp³-hybridized carbons (Fsp3) is 0.370. The van der Waals surface area contributed by atoms with Crippen LogP contribution in [0, 0.1) is 12.7 Å². The second-order valence-corrected chi connectivity index (χ2v) is 9.16. The first-order valence-electron chi connectivity index (χ1n) is 11.8. The molecule has 3 aromatic rings. The SMILES string of the molecule is Cc1cc(-c2ccc(F)cc2)cc([C@H]2CCCCN2C(=O)c2cc3c([nH]c2=O)CCCC3)n1. The van der Waals surface area contributed by atoms with E-state index in [9.17, 15) is 14.0 Å². The van der Waals surface area contributed by atoms with E-state index in [2.05, 4.69) is 4.98 Å². The number of carbonyl (C=O) groups is 1. The maximum atomic E-state index is 13.6. The van der Waals surface area contributed by atoms with Gasteiger partial charge < -0.3 is 9.88 Å². The number of aromatic amines is 1. The maximum absolute atomic E-state index is 13.6. The molecule has 1 saturated heterocycles. The minimum Gasteiger partial charge on any atom is -0.330 e. The number of carbonyl (C=O) groups excluding carboxylic acids is 1. The normalized spacial score (nSPS) is 18.1. The van der Waals surface area contributed by atoms with Crippen molar-refractivity contribution in [3.63, 3.8) is 0 Å². The van der Waals surface area contributed by atoms with E-state index in [1.165, 1.54) is 12.1 Å². The molecule has 5 nitrogen and oxygen atoms in total. The number of nitrogens with zero attached hydrogens (tertiary/aromatic N) is 2. The molecule has 3 heterocycles. The highest BCUT2D eigenvalue weighted by Gasteiger charge is 2.32. The number of benzene rings is 1. The van der Waals surface area contributed by atoms with Gasteiger partial charge in [0.1, 0.15) is 11.4 Å². The number of rotatable bonds is 3. The van der Waals surface area contributed by atoms with Gasteiger partial charge in [0.25, 0.3) is 11.5 Å². The van der Waals surface area contributed by atoms with Crippen LogP contribution in [0.3, 0.4) is 0 Å². The predicted octanol–water partition coefficient (Wildman–Crippen LogP) is 5.13. The quantitative estimate of drug-likeness (QED) is 0.608. The summed E-state index contributed by atoms with van der Waals surface area (Å²) in [7, 11) is 0. The van der Waals surface area contributed by atoms with Crippen molar-refractivity contribution in [2.45, 2.75) is 57.9 Å². The van der Waals surface area contributed by atoms with Crippen molar-refractivity contribution >= 4 is 5.91 Å². The summed E-state index contributed by atoms with van der Waals surface area (Å²) in [5.41, 5.74) is 5.51. The molecular formula is C27H28FN3O2. The second kappa shape index (κ2) is 8.93. The molecule has 1 aromatic carbocycles. The van der Waals surface area contributed by atoms with E-state index in [1.54, 1.807) is 12.1 Å². The first-order chi connectivity index (χ1) is 16.0. The van der Waals surface area contributed by atoms with Gasteiger partial charge in [0.2, 0.25) is 0 Å². The third-order valence-corrected chi connectivity index (χ3v) is 6.82. The van der Waals surface area contributed by atoms with Crippen molar-refractivity contribution in [3.8, 4) is 11.1 Å². The smallest absolute Gasteiger partial charge is 0.261 e. The second-order valence-electron chi connectivity index (χ2n) is 9.16. The van der Waals surface area contributed by atoms with E-state index >= 15 is 0 Å². The van der Waals surface area contributed by atoms with Gasteiger partial charge >= 0.3 is 0 Å². The number of pyridine rings is 2. The average Bonchev–Trinajstić information content (AvgIpc) is 2.83. The van der Waals surface area contributed by atoms with Crippen molar-refractivity contribution in [1.29, 1.82) is 0 Å². The van der Waals surface area contributed by atoms with Crippen LogP contribution in [-0.2, 0) is 12.8 Å². The third-order valence-electron chi connectivity index (χ3n) is 6.82. The predicted molar refractivity (Wildman–Crippen MR) is 126 cm³/mol. The number of halogens is 1. The van der Waals surface area contributed by atoms with Crippen LogP contribution in [0.25, 0.3) is 11.1 Å². The van der Waals surface area contributed by atoms with Gasteiger partial charge in [-0.05, 0) is 98.9 Å². The maximum Gasteiger partial charge on any atom is 0.261 e. The fourth-order valence-electron chi connectivity index (χ4n) is 5.14. The lowest BCUT2D eigenvalue weighted by Crippen LogP contribution is -2.41. The number of hydrogen-bond donors (Lipinski definition) is 1. The Kier molecular flexibility index (Phi) is 5.83. The topological polar surface area (TPSA) is 66.1 Å². The summed E-state index contributed by atoms with van der Waals surface area (Å²) >= 11 is 0. The molecule has 1 aliphatic carbocycles. The lowest BCUT2D eigenvalue weighted by molar-refractivity contribution is 0.0604. The van der Waals surface area contributed by atoms with Crippen LogP contribution in [0.15, 0.2) is 47.3 Å². The molecule has 6 heteroatoms. The molecule has 33 heavy (non-hydrogen) atoms. The van der Waals surface area contributed by atoms with Crippen LogP contribution in [0.5, 0.6) is 0 Å². The van der Waals surface area contributed by atoms with E-state index < -0.39 is 0 Å². The zero-order valence-electron chi connectivity index (χ0n) is 18.9. The van der Waals surface area contributed by atoms with Crippen LogP contribution < -0.4 is 5.56 Å². The summed E-state index contributed by atoms with van der Waals surface area (Å²) in [6.45, 7) is 2.53. The molecule has 0 unspecified atom stereocenters. The molecule has 5 rings (SSSR count). The molecule has 170 valence electrons. The highest BCUT2D eigenvalue weighted by Crippen LogP contribution is 2.33. The molecule has 1 atom stereocenters. The number of likely N-dealkylation sites (tertiary alicyclic amines) is 1. The Morgan fingerprint density at radius 1 is 1.03 bits per heavy atom. The Balaban J connectivity index is 1.50. The molecular weight excluding hydrogens is 417 g/mol. The number of nitrogens with one attached hydrogen (secondary N) is 1. The van der Waals surface area contributed by atoms with Crippen molar-refractivity contribution < 1.29 is 9.18 Å². The summed E-state index contributed by atoms with van der Waals surface area (Å²) in [4.78, 5) is 35.9. The van der Waals surface area contributed by atoms with Crippen LogP contribution in [0.2, 0.25) is 0 Å².